The Hall–Kier alpha value is -2.81. The number of amides is 1. The summed E-state index contributed by atoms with van der Waals surface area (Å²) in [6, 6.07) is 11.9. The van der Waals surface area contributed by atoms with Crippen molar-refractivity contribution in [3.05, 3.63) is 53.6 Å². The summed E-state index contributed by atoms with van der Waals surface area (Å²) in [5, 5.41) is 20.2. The third-order valence-corrected chi connectivity index (χ3v) is 6.39. The van der Waals surface area contributed by atoms with Crippen LogP contribution in [0.3, 0.4) is 0 Å². The van der Waals surface area contributed by atoms with Crippen molar-refractivity contribution in [1.29, 1.82) is 0 Å². The van der Waals surface area contributed by atoms with Crippen LogP contribution < -0.4 is 20.3 Å². The van der Waals surface area contributed by atoms with E-state index in [9.17, 15) is 15.0 Å². The van der Waals surface area contributed by atoms with Gasteiger partial charge in [0.1, 0.15) is 11.8 Å². The van der Waals surface area contributed by atoms with Crippen LogP contribution in [-0.2, 0) is 4.79 Å². The molecule has 0 saturated carbocycles. The Labute approximate surface area is 194 Å². The lowest BCUT2D eigenvalue weighted by molar-refractivity contribution is -0.131. The number of rotatable bonds is 10. The first-order valence-corrected chi connectivity index (χ1v) is 11.7. The molecular formula is C25H33N3O5. The van der Waals surface area contributed by atoms with E-state index in [2.05, 4.69) is 17.8 Å². The van der Waals surface area contributed by atoms with Gasteiger partial charge in [0.2, 0.25) is 5.91 Å². The fourth-order valence-corrected chi connectivity index (χ4v) is 4.90. The zero-order valence-electron chi connectivity index (χ0n) is 19.2. The van der Waals surface area contributed by atoms with E-state index in [1.165, 1.54) is 0 Å². The molecule has 0 radical (unpaired) electrons. The summed E-state index contributed by atoms with van der Waals surface area (Å²) < 4.78 is 11.8. The monoisotopic (exact) mass is 455 g/mol. The second-order valence-corrected chi connectivity index (χ2v) is 8.42. The largest absolute Gasteiger partial charge is 0.508 e. The molecule has 2 aliphatic rings. The minimum absolute atomic E-state index is 0.0781. The molecule has 33 heavy (non-hydrogen) atoms. The van der Waals surface area contributed by atoms with Crippen molar-refractivity contribution < 1.29 is 24.5 Å². The number of benzene rings is 2. The van der Waals surface area contributed by atoms with E-state index < -0.39 is 6.04 Å². The first-order chi connectivity index (χ1) is 16.1. The summed E-state index contributed by atoms with van der Waals surface area (Å²) in [6.45, 7) is 5.24. The smallest absolute Gasteiger partial charge is 0.242 e. The van der Waals surface area contributed by atoms with Gasteiger partial charge in [-0.25, -0.2) is 10.9 Å². The van der Waals surface area contributed by atoms with Crippen LogP contribution in [-0.4, -0.2) is 53.4 Å². The van der Waals surface area contributed by atoms with Crippen molar-refractivity contribution >= 4 is 5.91 Å². The van der Waals surface area contributed by atoms with Crippen LogP contribution in [0.5, 0.6) is 17.2 Å². The van der Waals surface area contributed by atoms with Gasteiger partial charge in [-0.1, -0.05) is 37.6 Å². The normalized spacial score (nSPS) is 24.2. The van der Waals surface area contributed by atoms with Crippen LogP contribution in [0.1, 0.15) is 49.9 Å². The van der Waals surface area contributed by atoms with Crippen LogP contribution in [0.2, 0.25) is 0 Å². The maximum absolute atomic E-state index is 13.3. The maximum Gasteiger partial charge on any atom is 0.242 e. The molecule has 0 bridgehead atoms. The zero-order valence-corrected chi connectivity index (χ0v) is 19.2. The number of carbonyl (C=O) groups is 1. The highest BCUT2D eigenvalue weighted by Crippen LogP contribution is 2.49. The molecule has 4 unspecified atom stereocenters. The second-order valence-electron chi connectivity index (χ2n) is 8.42. The van der Waals surface area contributed by atoms with Gasteiger partial charge in [-0.05, 0) is 37.1 Å². The molecule has 2 aromatic carbocycles. The van der Waals surface area contributed by atoms with Gasteiger partial charge >= 0.3 is 0 Å². The van der Waals surface area contributed by atoms with E-state index in [1.807, 2.05) is 37.3 Å². The Morgan fingerprint density at radius 1 is 1.03 bits per heavy atom. The molecule has 2 aliphatic heterocycles. The fourth-order valence-electron chi connectivity index (χ4n) is 4.90. The molecule has 4 N–H and O–H groups in total. The molecule has 2 heterocycles. The van der Waals surface area contributed by atoms with E-state index in [0.29, 0.717) is 24.7 Å². The number of β-amino-alcohol motifs (C(OH)–C–C–N with tert-alkyl or cyclic N) is 1. The highest BCUT2D eigenvalue weighted by molar-refractivity contribution is 5.86. The third-order valence-electron chi connectivity index (χ3n) is 6.39. The topological polar surface area (TPSA) is 103 Å². The maximum atomic E-state index is 13.3. The highest BCUT2D eigenvalue weighted by atomic mass is 16.5. The molecule has 0 aromatic heterocycles. The quantitative estimate of drug-likeness (QED) is 0.409. The van der Waals surface area contributed by atoms with Crippen molar-refractivity contribution in [2.24, 2.45) is 5.92 Å². The number of hydrogen-bond donors (Lipinski definition) is 4. The van der Waals surface area contributed by atoms with E-state index in [0.717, 1.165) is 24.0 Å². The average Bonchev–Trinajstić information content (AvgIpc) is 3.35. The van der Waals surface area contributed by atoms with Crippen LogP contribution in [0.15, 0.2) is 42.5 Å². The second kappa shape index (κ2) is 10.4. The Morgan fingerprint density at radius 2 is 1.82 bits per heavy atom. The summed E-state index contributed by atoms with van der Waals surface area (Å²) >= 11 is 0. The lowest BCUT2D eigenvalue weighted by atomic mass is 9.83. The molecule has 8 nitrogen and oxygen atoms in total. The highest BCUT2D eigenvalue weighted by Gasteiger charge is 2.55. The summed E-state index contributed by atoms with van der Waals surface area (Å²) in [6.07, 6.45) is 2.00. The summed E-state index contributed by atoms with van der Waals surface area (Å²) in [4.78, 5) is 15.0. The number of nitrogens with zero attached hydrogens (tertiary/aromatic N) is 1. The predicted molar refractivity (Wildman–Crippen MR) is 124 cm³/mol. The van der Waals surface area contributed by atoms with E-state index >= 15 is 0 Å². The van der Waals surface area contributed by atoms with Crippen molar-refractivity contribution in [2.45, 2.75) is 44.8 Å². The first-order valence-electron chi connectivity index (χ1n) is 11.7. The SMILES string of the molecule is CCCCOc1ccc(C2C3C(NNC3c3ccccc3O)C(=O)N2CCO)cc1OCC. The van der Waals surface area contributed by atoms with Gasteiger partial charge in [-0.15, -0.1) is 0 Å². The minimum atomic E-state index is -0.470. The van der Waals surface area contributed by atoms with Gasteiger partial charge in [-0.3, -0.25) is 4.79 Å². The van der Waals surface area contributed by atoms with Gasteiger partial charge in [-0.2, -0.15) is 0 Å². The standard InChI is InChI=1S/C25H33N3O5/c1-3-5-14-33-19-11-10-16(15-20(19)32-4-2)24-21-22(17-8-6-7-9-18(17)30)26-27-23(21)25(31)28(24)12-13-29/h6-11,15,21-24,26-27,29-30H,3-5,12-14H2,1-2H3. The van der Waals surface area contributed by atoms with Gasteiger partial charge in [0.15, 0.2) is 11.5 Å². The van der Waals surface area contributed by atoms with Gasteiger partial charge in [0.25, 0.3) is 0 Å². The van der Waals surface area contributed by atoms with Crippen LogP contribution in [0, 0.1) is 5.92 Å². The molecule has 1 amide bonds. The molecular weight excluding hydrogens is 422 g/mol. The number of aliphatic hydroxyl groups excluding tert-OH is 1. The number of nitrogens with one attached hydrogen (secondary N) is 2. The number of fused-ring (bicyclic) bond motifs is 1. The Morgan fingerprint density at radius 3 is 2.55 bits per heavy atom. The molecule has 178 valence electrons. The summed E-state index contributed by atoms with van der Waals surface area (Å²) in [7, 11) is 0. The molecule has 0 spiro atoms. The van der Waals surface area contributed by atoms with E-state index in [-0.39, 0.29) is 42.8 Å². The minimum Gasteiger partial charge on any atom is -0.508 e. The van der Waals surface area contributed by atoms with Crippen LogP contribution >= 0.6 is 0 Å². The lowest BCUT2D eigenvalue weighted by Gasteiger charge is -2.31. The molecule has 8 heteroatoms. The number of likely N-dealkylation sites (tertiary alicyclic amines) is 1. The van der Waals surface area contributed by atoms with Crippen molar-refractivity contribution in [1.82, 2.24) is 15.8 Å². The first kappa shape index (κ1) is 23.4. The van der Waals surface area contributed by atoms with Gasteiger partial charge in [0.05, 0.1) is 31.9 Å². The number of aliphatic hydroxyl groups is 1. The van der Waals surface area contributed by atoms with Gasteiger partial charge < -0.3 is 24.6 Å². The van der Waals surface area contributed by atoms with Crippen molar-refractivity contribution in [3.8, 4) is 17.2 Å². The number of aromatic hydroxyl groups is 1. The number of carbonyl (C=O) groups excluding carboxylic acids is 1. The number of phenolic OH excluding ortho intramolecular Hbond substituents is 1. The fraction of sp³-hybridized carbons (Fsp3) is 0.480. The van der Waals surface area contributed by atoms with E-state index in [4.69, 9.17) is 9.47 Å². The van der Waals surface area contributed by atoms with Gasteiger partial charge in [0, 0.05) is 18.0 Å². The Balaban J connectivity index is 1.73. The number of para-hydroxylation sites is 1. The number of unbranched alkanes of at least 4 members (excludes halogenated alkanes) is 1. The van der Waals surface area contributed by atoms with Crippen molar-refractivity contribution in [2.75, 3.05) is 26.4 Å². The van der Waals surface area contributed by atoms with E-state index in [1.54, 1.807) is 17.0 Å². The summed E-state index contributed by atoms with van der Waals surface area (Å²) in [5.74, 6) is 1.23. The summed E-state index contributed by atoms with van der Waals surface area (Å²) in [5.41, 5.74) is 7.98. The number of hydrogen-bond acceptors (Lipinski definition) is 7. The third kappa shape index (κ3) is 4.51. The molecule has 2 saturated heterocycles. The lowest BCUT2D eigenvalue weighted by Crippen LogP contribution is -2.42. The number of ether oxygens (including phenoxy) is 2. The molecule has 4 atom stereocenters. The average molecular weight is 456 g/mol. The number of phenols is 1. The predicted octanol–water partition coefficient (Wildman–Crippen LogP) is 2.68. The molecule has 0 aliphatic carbocycles. The Bertz CT molecular complexity index is 969. The molecule has 2 fully saturated rings. The van der Waals surface area contributed by atoms with Crippen LogP contribution in [0.4, 0.5) is 0 Å². The van der Waals surface area contributed by atoms with Crippen LogP contribution in [0.25, 0.3) is 0 Å². The zero-order chi connectivity index (χ0) is 23.4. The Kier molecular flexibility index (Phi) is 7.37. The van der Waals surface area contributed by atoms with Crippen molar-refractivity contribution in [3.63, 3.8) is 0 Å². The molecule has 2 aromatic rings. The number of hydrazine groups is 1. The molecule has 4 rings (SSSR count).